The van der Waals surface area contributed by atoms with Crippen molar-refractivity contribution in [1.82, 2.24) is 20.1 Å². The molecule has 2 aromatic heterocycles. The van der Waals surface area contributed by atoms with E-state index in [-0.39, 0.29) is 5.82 Å². The van der Waals surface area contributed by atoms with Gasteiger partial charge in [-0.15, -0.1) is 4.68 Å². The number of ether oxygens (including phenoxy) is 1. The molecule has 0 atom stereocenters. The van der Waals surface area contributed by atoms with E-state index in [2.05, 4.69) is 15.4 Å². The normalized spacial score (nSPS) is 11.9. The summed E-state index contributed by atoms with van der Waals surface area (Å²) >= 11 is 0. The summed E-state index contributed by atoms with van der Waals surface area (Å²) in [5.74, 6) is 0.183. The van der Waals surface area contributed by atoms with Gasteiger partial charge in [0.25, 0.3) is 0 Å². The fraction of sp³-hybridized carbons (Fsp3) is 0.438. The number of amides is 1. The van der Waals surface area contributed by atoms with Gasteiger partial charge in [-0.05, 0) is 51.2 Å². The largest absolute Gasteiger partial charge is 0.444 e. The molecule has 0 radical (unpaired) electrons. The van der Waals surface area contributed by atoms with E-state index >= 15 is 0 Å². The highest BCUT2D eigenvalue weighted by molar-refractivity contribution is 5.69. The van der Waals surface area contributed by atoms with Gasteiger partial charge >= 0.3 is 11.9 Å². The number of nitrogens with one attached hydrogen (secondary N) is 1. The molecule has 0 bridgehead atoms. The van der Waals surface area contributed by atoms with Crippen LogP contribution in [0.25, 0.3) is 5.82 Å². The van der Waals surface area contributed by atoms with Crippen molar-refractivity contribution >= 4 is 11.9 Å². The van der Waals surface area contributed by atoms with Crippen LogP contribution < -0.4 is 5.32 Å². The highest BCUT2D eigenvalue weighted by atomic mass is 16.6. The van der Waals surface area contributed by atoms with E-state index in [4.69, 9.17) is 4.74 Å². The molecule has 25 heavy (non-hydrogen) atoms. The molecule has 9 nitrogen and oxygen atoms in total. The van der Waals surface area contributed by atoms with Crippen LogP contribution >= 0.6 is 0 Å². The average molecular weight is 347 g/mol. The molecule has 0 spiro atoms. The van der Waals surface area contributed by atoms with Gasteiger partial charge in [-0.3, -0.25) is 0 Å². The fourth-order valence-corrected chi connectivity index (χ4v) is 2.06. The Bertz CT molecular complexity index is 775. The second-order valence-electron chi connectivity index (χ2n) is 7.03. The SMILES string of the molecule is CC(C)(C)OC(=O)NC(C)(C)c1ccc(-n2ccc([N+](=O)[O-])n2)nc1. The molecule has 0 saturated heterocycles. The summed E-state index contributed by atoms with van der Waals surface area (Å²) in [5, 5.41) is 17.3. The number of carbonyl (C=O) groups is 1. The maximum absolute atomic E-state index is 12.0. The summed E-state index contributed by atoms with van der Waals surface area (Å²) in [5.41, 5.74) is -0.537. The van der Waals surface area contributed by atoms with Gasteiger partial charge < -0.3 is 20.2 Å². The van der Waals surface area contributed by atoms with E-state index < -0.39 is 22.2 Å². The summed E-state index contributed by atoms with van der Waals surface area (Å²) in [4.78, 5) is 26.3. The Morgan fingerprint density at radius 3 is 2.40 bits per heavy atom. The maximum atomic E-state index is 12.0. The van der Waals surface area contributed by atoms with Crippen molar-refractivity contribution in [1.29, 1.82) is 0 Å². The van der Waals surface area contributed by atoms with E-state index in [9.17, 15) is 14.9 Å². The zero-order valence-electron chi connectivity index (χ0n) is 14.8. The van der Waals surface area contributed by atoms with Crippen LogP contribution in [0.2, 0.25) is 0 Å². The van der Waals surface area contributed by atoms with Crippen molar-refractivity contribution in [3.8, 4) is 5.82 Å². The number of rotatable bonds is 4. The molecular formula is C16H21N5O4. The van der Waals surface area contributed by atoms with Crippen LogP contribution in [0, 0.1) is 10.1 Å². The first-order chi connectivity index (χ1) is 11.5. The Morgan fingerprint density at radius 2 is 1.92 bits per heavy atom. The quantitative estimate of drug-likeness (QED) is 0.672. The lowest BCUT2D eigenvalue weighted by Crippen LogP contribution is -2.43. The average Bonchev–Trinajstić information content (AvgIpc) is 2.94. The molecule has 0 unspecified atom stereocenters. The molecule has 134 valence electrons. The zero-order chi connectivity index (χ0) is 18.8. The third-order valence-corrected chi connectivity index (χ3v) is 3.28. The van der Waals surface area contributed by atoms with E-state index in [0.717, 1.165) is 5.56 Å². The van der Waals surface area contributed by atoms with E-state index in [0.29, 0.717) is 5.82 Å². The smallest absolute Gasteiger partial charge is 0.408 e. The number of nitro groups is 1. The van der Waals surface area contributed by atoms with Crippen LogP contribution in [-0.2, 0) is 10.3 Å². The molecule has 2 heterocycles. The molecule has 1 N–H and O–H groups in total. The van der Waals surface area contributed by atoms with Gasteiger partial charge in [0.05, 0.1) is 22.9 Å². The number of aromatic nitrogens is 3. The number of nitrogens with zero attached hydrogens (tertiary/aromatic N) is 4. The molecule has 0 aliphatic rings. The molecule has 0 fully saturated rings. The van der Waals surface area contributed by atoms with Gasteiger partial charge in [-0.1, -0.05) is 6.07 Å². The lowest BCUT2D eigenvalue weighted by molar-refractivity contribution is -0.389. The standard InChI is InChI=1S/C16H21N5O4/c1-15(2,3)25-14(22)18-16(4,5)11-6-7-12(17-10-11)20-9-8-13(19-20)21(23)24/h6-10H,1-5H3,(H,18,22). The first-order valence-corrected chi connectivity index (χ1v) is 7.66. The third kappa shape index (κ3) is 4.75. The molecule has 0 aliphatic carbocycles. The topological polar surface area (TPSA) is 112 Å². The van der Waals surface area contributed by atoms with Gasteiger partial charge in [0.2, 0.25) is 0 Å². The predicted octanol–water partition coefficient (Wildman–Crippen LogP) is 2.94. The second-order valence-corrected chi connectivity index (χ2v) is 7.03. The lowest BCUT2D eigenvalue weighted by Gasteiger charge is -2.28. The van der Waals surface area contributed by atoms with Crippen molar-refractivity contribution in [3.05, 3.63) is 46.3 Å². The molecule has 9 heteroatoms. The summed E-state index contributed by atoms with van der Waals surface area (Å²) in [6.45, 7) is 9.02. The van der Waals surface area contributed by atoms with Crippen molar-refractivity contribution < 1.29 is 14.5 Å². The van der Waals surface area contributed by atoms with Gasteiger partial charge in [-0.25, -0.2) is 9.78 Å². The second kappa shape index (κ2) is 6.50. The highest BCUT2D eigenvalue weighted by Gasteiger charge is 2.26. The third-order valence-electron chi connectivity index (χ3n) is 3.28. The first-order valence-electron chi connectivity index (χ1n) is 7.66. The molecule has 2 aromatic rings. The minimum atomic E-state index is -0.704. The summed E-state index contributed by atoms with van der Waals surface area (Å²) in [6, 6.07) is 4.74. The monoisotopic (exact) mass is 347 g/mol. The van der Waals surface area contributed by atoms with Crippen LogP contribution in [0.3, 0.4) is 0 Å². The number of alkyl carbamates (subject to hydrolysis) is 1. The van der Waals surface area contributed by atoms with E-state index in [1.54, 1.807) is 39.1 Å². The fourth-order valence-electron chi connectivity index (χ4n) is 2.06. The molecule has 0 saturated carbocycles. The Kier molecular flexibility index (Phi) is 4.78. The first kappa shape index (κ1) is 18.4. The summed E-state index contributed by atoms with van der Waals surface area (Å²) < 4.78 is 6.58. The van der Waals surface area contributed by atoms with Gasteiger partial charge in [0.15, 0.2) is 5.82 Å². The van der Waals surface area contributed by atoms with Gasteiger partial charge in [-0.2, -0.15) is 0 Å². The van der Waals surface area contributed by atoms with Crippen molar-refractivity contribution in [3.63, 3.8) is 0 Å². The van der Waals surface area contributed by atoms with Crippen molar-refractivity contribution in [2.75, 3.05) is 0 Å². The number of hydrogen-bond donors (Lipinski definition) is 1. The van der Waals surface area contributed by atoms with E-state index in [1.807, 2.05) is 13.8 Å². The molecule has 0 aliphatic heterocycles. The Morgan fingerprint density at radius 1 is 1.24 bits per heavy atom. The maximum Gasteiger partial charge on any atom is 0.408 e. The van der Waals surface area contributed by atoms with Crippen LogP contribution in [0.15, 0.2) is 30.6 Å². The molecule has 2 rings (SSSR count). The number of pyridine rings is 1. The summed E-state index contributed by atoms with van der Waals surface area (Å²) in [7, 11) is 0. The van der Waals surface area contributed by atoms with E-state index in [1.165, 1.54) is 16.9 Å². The van der Waals surface area contributed by atoms with Crippen LogP contribution in [0.4, 0.5) is 10.6 Å². The number of hydrogen-bond acceptors (Lipinski definition) is 6. The minimum Gasteiger partial charge on any atom is -0.444 e. The number of carbonyl (C=O) groups excluding carboxylic acids is 1. The minimum absolute atomic E-state index is 0.252. The van der Waals surface area contributed by atoms with Crippen LogP contribution in [-0.4, -0.2) is 31.4 Å². The molecule has 0 aromatic carbocycles. The molecule has 1 amide bonds. The predicted molar refractivity (Wildman–Crippen MR) is 90.4 cm³/mol. The zero-order valence-corrected chi connectivity index (χ0v) is 14.8. The lowest BCUT2D eigenvalue weighted by atomic mass is 9.96. The Hall–Kier alpha value is -2.97. The Labute approximate surface area is 145 Å². The van der Waals surface area contributed by atoms with Crippen molar-refractivity contribution in [2.24, 2.45) is 0 Å². The summed E-state index contributed by atoms with van der Waals surface area (Å²) in [6.07, 6.45) is 2.52. The van der Waals surface area contributed by atoms with Crippen LogP contribution in [0.1, 0.15) is 40.2 Å². The van der Waals surface area contributed by atoms with Crippen LogP contribution in [0.5, 0.6) is 0 Å². The molecular weight excluding hydrogens is 326 g/mol. The Balaban J connectivity index is 2.14. The van der Waals surface area contributed by atoms with Gasteiger partial charge in [0.1, 0.15) is 5.60 Å². The van der Waals surface area contributed by atoms with Crippen molar-refractivity contribution in [2.45, 2.75) is 45.8 Å². The van der Waals surface area contributed by atoms with Gasteiger partial charge in [0, 0.05) is 6.20 Å². The highest BCUT2D eigenvalue weighted by Crippen LogP contribution is 2.21.